The monoisotopic (exact) mass is 639 g/mol. The number of ketones is 2. The molecule has 14 nitrogen and oxygen atoms in total. The van der Waals surface area contributed by atoms with E-state index in [-0.39, 0.29) is 42.8 Å². The third-order valence-electron chi connectivity index (χ3n) is 8.95. The van der Waals surface area contributed by atoms with Gasteiger partial charge in [0.25, 0.3) is 11.8 Å². The molecule has 5 amide bonds. The van der Waals surface area contributed by atoms with E-state index in [1.54, 1.807) is 27.7 Å². The largest absolute Gasteiger partial charge is 0.347 e. The molecule has 4 rings (SSSR count). The van der Waals surface area contributed by atoms with Crippen LogP contribution in [0.25, 0.3) is 0 Å². The van der Waals surface area contributed by atoms with Crippen LogP contribution in [0.5, 0.6) is 0 Å². The number of hydrogen-bond acceptors (Lipinski definition) is 9. The number of amides is 5. The maximum Gasteiger partial charge on any atom is 0.289 e. The van der Waals surface area contributed by atoms with Crippen LogP contribution < -0.4 is 21.3 Å². The lowest BCUT2D eigenvalue weighted by Crippen LogP contribution is -2.60. The molecule has 3 fully saturated rings. The molecule has 2 heterocycles. The Morgan fingerprint density at radius 1 is 0.935 bits per heavy atom. The Balaban J connectivity index is 1.53. The SMILES string of the molecule is CCC[C@@H](NC(=O)[C@@H]1[C@H]2CCC(=O)[C@H]2CN1C(=O)[C@@H](NC(=O)[C@@H](NC(=O)c1cnccn1)C(C)C)C(C)C)C(=O)C(=O)NC1CC1. The fourth-order valence-electron chi connectivity index (χ4n) is 6.23. The topological polar surface area (TPSA) is 197 Å². The third kappa shape index (κ3) is 7.94. The molecule has 0 bridgehead atoms. The van der Waals surface area contributed by atoms with Crippen LogP contribution in [0.1, 0.15) is 83.6 Å². The van der Waals surface area contributed by atoms with Crippen LogP contribution in [-0.2, 0) is 28.8 Å². The second-order valence-corrected chi connectivity index (χ2v) is 13.2. The number of fused-ring (bicyclic) bond motifs is 1. The van der Waals surface area contributed by atoms with Crippen molar-refractivity contribution in [3.63, 3.8) is 0 Å². The van der Waals surface area contributed by atoms with Crippen molar-refractivity contribution in [1.82, 2.24) is 36.1 Å². The average molecular weight is 640 g/mol. The van der Waals surface area contributed by atoms with Gasteiger partial charge in [-0.05, 0) is 37.5 Å². The number of rotatable bonds is 14. The van der Waals surface area contributed by atoms with E-state index >= 15 is 0 Å². The maximum absolute atomic E-state index is 14.2. The number of nitrogens with zero attached hydrogens (tertiary/aromatic N) is 3. The van der Waals surface area contributed by atoms with Crippen LogP contribution in [0, 0.1) is 23.7 Å². The van der Waals surface area contributed by atoms with Gasteiger partial charge in [-0.1, -0.05) is 41.0 Å². The minimum atomic E-state index is -1.08. The number of carbonyl (C=O) groups excluding carboxylic acids is 7. The van der Waals surface area contributed by atoms with Gasteiger partial charge in [0.15, 0.2) is 0 Å². The first-order valence-corrected chi connectivity index (χ1v) is 16.2. The summed E-state index contributed by atoms with van der Waals surface area (Å²) in [5.74, 6) is -5.63. The van der Waals surface area contributed by atoms with Gasteiger partial charge in [0, 0.05) is 43.2 Å². The summed E-state index contributed by atoms with van der Waals surface area (Å²) in [6, 6.07) is -4.25. The van der Waals surface area contributed by atoms with Gasteiger partial charge >= 0.3 is 0 Å². The van der Waals surface area contributed by atoms with Gasteiger partial charge in [-0.2, -0.15) is 0 Å². The smallest absolute Gasteiger partial charge is 0.289 e. The van der Waals surface area contributed by atoms with Gasteiger partial charge in [-0.15, -0.1) is 0 Å². The van der Waals surface area contributed by atoms with Crippen LogP contribution in [0.2, 0.25) is 0 Å². The molecule has 14 heteroatoms. The third-order valence-corrected chi connectivity index (χ3v) is 8.95. The van der Waals surface area contributed by atoms with Crippen LogP contribution >= 0.6 is 0 Å². The van der Waals surface area contributed by atoms with Gasteiger partial charge in [0.1, 0.15) is 29.6 Å². The zero-order valence-corrected chi connectivity index (χ0v) is 27.1. The van der Waals surface area contributed by atoms with Crippen LogP contribution in [-0.4, -0.2) is 92.7 Å². The van der Waals surface area contributed by atoms with Crippen molar-refractivity contribution in [3.05, 3.63) is 24.3 Å². The number of hydrogen-bond donors (Lipinski definition) is 4. The molecule has 3 aliphatic rings. The summed E-state index contributed by atoms with van der Waals surface area (Å²) in [4.78, 5) is 102. The molecule has 0 radical (unpaired) electrons. The minimum Gasteiger partial charge on any atom is -0.347 e. The van der Waals surface area contributed by atoms with Gasteiger partial charge in [0.05, 0.1) is 12.2 Å². The molecule has 0 unspecified atom stereocenters. The quantitative estimate of drug-likeness (QED) is 0.207. The Labute approximate surface area is 268 Å². The van der Waals surface area contributed by atoms with E-state index in [9.17, 15) is 33.6 Å². The molecule has 2 aliphatic carbocycles. The Kier molecular flexibility index (Phi) is 11.2. The van der Waals surface area contributed by atoms with E-state index in [4.69, 9.17) is 0 Å². The maximum atomic E-state index is 14.2. The molecule has 46 heavy (non-hydrogen) atoms. The molecular weight excluding hydrogens is 594 g/mol. The predicted molar refractivity (Wildman–Crippen MR) is 165 cm³/mol. The molecule has 1 aliphatic heterocycles. The Morgan fingerprint density at radius 2 is 1.63 bits per heavy atom. The number of Topliss-reactive ketones (excluding diaryl/α,β-unsaturated/α-hetero) is 2. The van der Waals surface area contributed by atoms with Crippen LogP contribution in [0.3, 0.4) is 0 Å². The highest BCUT2D eigenvalue weighted by Gasteiger charge is 2.54. The molecule has 2 saturated carbocycles. The minimum absolute atomic E-state index is 0.00505. The van der Waals surface area contributed by atoms with E-state index in [1.807, 2.05) is 6.92 Å². The Bertz CT molecular complexity index is 1350. The van der Waals surface area contributed by atoms with Gasteiger partial charge in [0.2, 0.25) is 23.5 Å². The molecular formula is C32H45N7O7. The molecule has 4 N–H and O–H groups in total. The molecule has 0 aromatic carbocycles. The number of nitrogens with one attached hydrogen (secondary N) is 4. The Morgan fingerprint density at radius 3 is 2.22 bits per heavy atom. The molecule has 0 spiro atoms. The summed E-state index contributed by atoms with van der Waals surface area (Å²) in [7, 11) is 0. The summed E-state index contributed by atoms with van der Waals surface area (Å²) in [6.07, 6.45) is 7.12. The van der Waals surface area contributed by atoms with Gasteiger partial charge < -0.3 is 26.2 Å². The van der Waals surface area contributed by atoms with Gasteiger partial charge in [-0.3, -0.25) is 38.5 Å². The van der Waals surface area contributed by atoms with Crippen molar-refractivity contribution in [2.24, 2.45) is 23.7 Å². The van der Waals surface area contributed by atoms with Crippen molar-refractivity contribution < 1.29 is 33.6 Å². The van der Waals surface area contributed by atoms with E-state index in [0.717, 1.165) is 12.8 Å². The summed E-state index contributed by atoms with van der Waals surface area (Å²) in [5.41, 5.74) is 0.0319. The summed E-state index contributed by atoms with van der Waals surface area (Å²) >= 11 is 0. The fraction of sp³-hybridized carbons (Fsp3) is 0.656. The summed E-state index contributed by atoms with van der Waals surface area (Å²) < 4.78 is 0. The first kappa shape index (κ1) is 34.6. The van der Waals surface area contributed by atoms with Crippen molar-refractivity contribution in [1.29, 1.82) is 0 Å². The lowest BCUT2D eigenvalue weighted by molar-refractivity contribution is -0.145. The molecule has 1 aromatic rings. The van der Waals surface area contributed by atoms with E-state index < -0.39 is 77.2 Å². The lowest BCUT2D eigenvalue weighted by atomic mass is 9.92. The second-order valence-electron chi connectivity index (χ2n) is 13.2. The zero-order chi connectivity index (χ0) is 33.7. The lowest BCUT2D eigenvalue weighted by Gasteiger charge is -2.33. The zero-order valence-electron chi connectivity index (χ0n) is 27.1. The highest BCUT2D eigenvalue weighted by molar-refractivity contribution is 6.38. The van der Waals surface area contributed by atoms with Crippen molar-refractivity contribution >= 4 is 41.1 Å². The Hall–Kier alpha value is -4.23. The standard InChI is InChI=1S/C32H45N7O7/c1-6-7-21(27(41)31(45)35-18-8-9-18)36-30(44)26-19-10-11-23(40)20(19)15-39(26)32(46)25(17(4)5)38-29(43)24(16(2)3)37-28(42)22-14-33-12-13-34-22/h12-14,16-21,24-26H,6-11,15H2,1-5H3,(H,35,45)(H,36,44)(H,37,42)(H,38,43)/t19-,20-,21+,24-,25-,26-/m0/s1. The van der Waals surface area contributed by atoms with Crippen molar-refractivity contribution in [2.75, 3.05) is 6.54 Å². The first-order chi connectivity index (χ1) is 21.8. The summed E-state index contributed by atoms with van der Waals surface area (Å²) in [5, 5.41) is 10.8. The molecule has 1 saturated heterocycles. The van der Waals surface area contributed by atoms with E-state index in [1.165, 1.54) is 23.5 Å². The highest BCUT2D eigenvalue weighted by atomic mass is 16.2. The second kappa shape index (κ2) is 14.9. The predicted octanol–water partition coefficient (Wildman–Crippen LogP) is 0.311. The average Bonchev–Trinajstić information content (AvgIpc) is 3.65. The number of aromatic nitrogens is 2. The molecule has 6 atom stereocenters. The summed E-state index contributed by atoms with van der Waals surface area (Å²) in [6.45, 7) is 8.83. The van der Waals surface area contributed by atoms with E-state index in [2.05, 4.69) is 31.2 Å². The van der Waals surface area contributed by atoms with Crippen molar-refractivity contribution in [2.45, 2.75) is 103 Å². The van der Waals surface area contributed by atoms with E-state index in [0.29, 0.717) is 12.8 Å². The van der Waals surface area contributed by atoms with Crippen molar-refractivity contribution in [3.8, 4) is 0 Å². The molecule has 250 valence electrons. The number of likely N-dealkylation sites (tertiary alicyclic amines) is 1. The first-order valence-electron chi connectivity index (χ1n) is 16.2. The van der Waals surface area contributed by atoms with Crippen LogP contribution in [0.15, 0.2) is 18.6 Å². The molecule has 1 aromatic heterocycles. The normalized spacial score (nSPS) is 22.5. The van der Waals surface area contributed by atoms with Gasteiger partial charge in [-0.25, -0.2) is 4.98 Å². The highest BCUT2D eigenvalue weighted by Crippen LogP contribution is 2.41. The fourth-order valence-corrected chi connectivity index (χ4v) is 6.23. The van der Waals surface area contributed by atoms with Crippen LogP contribution in [0.4, 0.5) is 0 Å². The number of carbonyl (C=O) groups is 7.